The molecule has 5 rings (SSSR count). The van der Waals surface area contributed by atoms with Gasteiger partial charge < -0.3 is 0 Å². The van der Waals surface area contributed by atoms with E-state index in [1.807, 2.05) is 30.3 Å². The van der Waals surface area contributed by atoms with Crippen LogP contribution in [0.15, 0.2) is 65.7 Å². The van der Waals surface area contributed by atoms with Gasteiger partial charge in [-0.3, -0.25) is 10.1 Å². The highest BCUT2D eigenvalue weighted by Gasteiger charge is 2.27. The maximum atomic E-state index is 12.8. The molecule has 2 aromatic carbocycles. The van der Waals surface area contributed by atoms with Crippen LogP contribution in [0.25, 0.3) is 16.2 Å². The average molecular weight is 454 g/mol. The molecule has 3 heterocycles. The summed E-state index contributed by atoms with van der Waals surface area (Å²) in [7, 11) is -3.58. The molecule has 1 aliphatic rings. The molecule has 158 valence electrons. The van der Waals surface area contributed by atoms with Crippen LogP contribution in [0.1, 0.15) is 23.2 Å². The van der Waals surface area contributed by atoms with Gasteiger partial charge in [-0.1, -0.05) is 47.7 Å². The molecule has 1 saturated heterocycles. The monoisotopic (exact) mass is 453 g/mol. The van der Waals surface area contributed by atoms with Crippen LogP contribution in [0.4, 0.5) is 5.13 Å². The fourth-order valence-electron chi connectivity index (χ4n) is 3.54. The Morgan fingerprint density at radius 3 is 2.55 bits per heavy atom. The lowest BCUT2D eigenvalue weighted by atomic mass is 10.2. The lowest BCUT2D eigenvalue weighted by Crippen LogP contribution is -2.28. The van der Waals surface area contributed by atoms with Crippen molar-refractivity contribution >= 4 is 37.4 Å². The van der Waals surface area contributed by atoms with Gasteiger partial charge in [-0.15, -0.1) is 5.10 Å². The van der Waals surface area contributed by atoms with Crippen LogP contribution >= 0.6 is 11.3 Å². The summed E-state index contributed by atoms with van der Waals surface area (Å²) in [4.78, 5) is 18.1. The number of amides is 1. The number of carbonyl (C=O) groups excluding carboxylic acids is 1. The fourth-order valence-corrected chi connectivity index (χ4v) is 5.88. The Morgan fingerprint density at radius 2 is 1.81 bits per heavy atom. The number of carbonyl (C=O) groups is 1. The van der Waals surface area contributed by atoms with E-state index in [1.165, 1.54) is 27.8 Å². The molecule has 1 aliphatic heterocycles. The normalized spacial score (nSPS) is 14.8. The van der Waals surface area contributed by atoms with E-state index >= 15 is 0 Å². The molecule has 4 aromatic rings. The smallest absolute Gasteiger partial charge is 0.257 e. The molecule has 0 spiro atoms. The second-order valence-corrected chi connectivity index (χ2v) is 10.1. The highest BCUT2D eigenvalue weighted by Crippen LogP contribution is 2.25. The second kappa shape index (κ2) is 7.88. The highest BCUT2D eigenvalue weighted by atomic mass is 32.2. The Labute approximate surface area is 183 Å². The first-order valence-electron chi connectivity index (χ1n) is 9.84. The van der Waals surface area contributed by atoms with E-state index in [-0.39, 0.29) is 10.5 Å². The Kier molecular flexibility index (Phi) is 5.05. The van der Waals surface area contributed by atoms with Gasteiger partial charge in [0, 0.05) is 24.2 Å². The number of nitrogens with one attached hydrogen (secondary N) is 1. The molecular formula is C21H19N5O3S2. The number of imidazole rings is 1. The van der Waals surface area contributed by atoms with Crippen LogP contribution in [-0.2, 0) is 10.0 Å². The summed E-state index contributed by atoms with van der Waals surface area (Å²) < 4.78 is 28.6. The van der Waals surface area contributed by atoms with Crippen LogP contribution in [0.3, 0.4) is 0 Å². The molecule has 0 radical (unpaired) electrons. The van der Waals surface area contributed by atoms with E-state index < -0.39 is 15.9 Å². The van der Waals surface area contributed by atoms with E-state index in [2.05, 4.69) is 15.4 Å². The maximum absolute atomic E-state index is 12.8. The lowest BCUT2D eigenvalue weighted by Gasteiger charge is -2.15. The largest absolute Gasteiger partial charge is 0.296 e. The maximum Gasteiger partial charge on any atom is 0.257 e. The van der Waals surface area contributed by atoms with Crippen LogP contribution in [-0.4, -0.2) is 46.3 Å². The standard InChI is InChI=1S/C21H19N5O3S2/c27-19(16-9-6-10-17(13-16)31(28,29)25-11-4-5-12-25)23-20-24-26-14-18(22-21(26)30-20)15-7-2-1-3-8-15/h1-3,6-10,13-14H,4-5,11-12H2,(H,23,24,27). The number of fused-ring (bicyclic) bond motifs is 1. The van der Waals surface area contributed by atoms with Gasteiger partial charge in [0.1, 0.15) is 0 Å². The molecule has 2 aromatic heterocycles. The topological polar surface area (TPSA) is 96.7 Å². The minimum Gasteiger partial charge on any atom is -0.296 e. The summed E-state index contributed by atoms with van der Waals surface area (Å²) in [5.74, 6) is -0.418. The third kappa shape index (κ3) is 3.85. The molecular weight excluding hydrogens is 434 g/mol. The molecule has 0 bridgehead atoms. The minimum absolute atomic E-state index is 0.128. The minimum atomic E-state index is -3.58. The fraction of sp³-hybridized carbons (Fsp3) is 0.190. The van der Waals surface area contributed by atoms with Crippen molar-refractivity contribution in [3.8, 4) is 11.3 Å². The van der Waals surface area contributed by atoms with Crippen molar-refractivity contribution in [1.82, 2.24) is 18.9 Å². The van der Waals surface area contributed by atoms with Gasteiger partial charge in [-0.25, -0.2) is 17.9 Å². The number of aromatic nitrogens is 3. The Morgan fingerprint density at radius 1 is 1.03 bits per heavy atom. The summed E-state index contributed by atoms with van der Waals surface area (Å²) in [5, 5.41) is 7.50. The van der Waals surface area contributed by atoms with Gasteiger partial charge in [-0.2, -0.15) is 4.31 Å². The van der Waals surface area contributed by atoms with E-state index in [0.29, 0.717) is 23.2 Å². The number of hydrogen-bond donors (Lipinski definition) is 1. The van der Waals surface area contributed by atoms with Gasteiger partial charge in [0.25, 0.3) is 5.91 Å². The molecule has 1 amide bonds. The van der Waals surface area contributed by atoms with E-state index in [0.717, 1.165) is 24.1 Å². The highest BCUT2D eigenvalue weighted by molar-refractivity contribution is 7.89. The molecule has 8 nitrogen and oxygen atoms in total. The predicted molar refractivity (Wildman–Crippen MR) is 119 cm³/mol. The third-order valence-electron chi connectivity index (χ3n) is 5.13. The number of nitrogens with zero attached hydrogens (tertiary/aromatic N) is 4. The van der Waals surface area contributed by atoms with Crippen molar-refractivity contribution in [1.29, 1.82) is 0 Å². The van der Waals surface area contributed by atoms with Crippen LogP contribution in [0.5, 0.6) is 0 Å². The molecule has 0 unspecified atom stereocenters. The van der Waals surface area contributed by atoms with Gasteiger partial charge in [0.15, 0.2) is 0 Å². The number of hydrogen-bond acceptors (Lipinski definition) is 6. The van der Waals surface area contributed by atoms with Crippen molar-refractivity contribution in [2.24, 2.45) is 0 Å². The van der Waals surface area contributed by atoms with Crippen LogP contribution in [0.2, 0.25) is 0 Å². The molecule has 0 saturated carbocycles. The first-order valence-corrected chi connectivity index (χ1v) is 12.1. The van der Waals surface area contributed by atoms with Gasteiger partial charge in [0.2, 0.25) is 20.1 Å². The molecule has 1 fully saturated rings. The van der Waals surface area contributed by atoms with Crippen molar-refractivity contribution in [3.63, 3.8) is 0 Å². The van der Waals surface area contributed by atoms with Crippen molar-refractivity contribution in [2.45, 2.75) is 17.7 Å². The zero-order chi connectivity index (χ0) is 21.4. The molecule has 0 aliphatic carbocycles. The number of anilines is 1. The number of benzene rings is 2. The van der Waals surface area contributed by atoms with E-state index in [1.54, 1.807) is 22.8 Å². The average Bonchev–Trinajstić information content (AvgIpc) is 3.51. The Balaban J connectivity index is 1.35. The number of sulfonamides is 1. The van der Waals surface area contributed by atoms with Gasteiger partial charge in [-0.05, 0) is 31.0 Å². The zero-order valence-corrected chi connectivity index (χ0v) is 18.1. The van der Waals surface area contributed by atoms with E-state index in [4.69, 9.17) is 0 Å². The summed E-state index contributed by atoms with van der Waals surface area (Å²) >= 11 is 1.25. The van der Waals surface area contributed by atoms with Crippen LogP contribution < -0.4 is 5.32 Å². The van der Waals surface area contributed by atoms with Crippen molar-refractivity contribution in [2.75, 3.05) is 18.4 Å². The Bertz CT molecular complexity index is 1320. The van der Waals surface area contributed by atoms with Crippen LogP contribution in [0, 0.1) is 0 Å². The van der Waals surface area contributed by atoms with Gasteiger partial charge in [0.05, 0.1) is 16.8 Å². The van der Waals surface area contributed by atoms with Crippen molar-refractivity contribution in [3.05, 3.63) is 66.4 Å². The third-order valence-corrected chi connectivity index (χ3v) is 7.86. The van der Waals surface area contributed by atoms with E-state index in [9.17, 15) is 13.2 Å². The molecule has 0 atom stereocenters. The number of rotatable bonds is 5. The molecule has 10 heteroatoms. The second-order valence-electron chi connectivity index (χ2n) is 7.22. The zero-order valence-electron chi connectivity index (χ0n) is 16.4. The predicted octanol–water partition coefficient (Wildman–Crippen LogP) is 3.49. The summed E-state index contributed by atoms with van der Waals surface area (Å²) in [6.07, 6.45) is 3.52. The molecule has 31 heavy (non-hydrogen) atoms. The first kappa shape index (κ1) is 19.9. The SMILES string of the molecule is O=C(Nc1nn2cc(-c3ccccc3)nc2s1)c1cccc(S(=O)(=O)N2CCCC2)c1. The lowest BCUT2D eigenvalue weighted by molar-refractivity contribution is 0.102. The molecule has 1 N–H and O–H groups in total. The summed E-state index contributed by atoms with van der Waals surface area (Å²) in [6, 6.07) is 15.9. The summed E-state index contributed by atoms with van der Waals surface area (Å²) in [6.45, 7) is 1.03. The first-order chi connectivity index (χ1) is 15.0. The summed E-state index contributed by atoms with van der Waals surface area (Å²) in [5.41, 5.74) is 2.05. The van der Waals surface area contributed by atoms with Crippen molar-refractivity contribution < 1.29 is 13.2 Å². The quantitative estimate of drug-likeness (QED) is 0.499. The van der Waals surface area contributed by atoms with Gasteiger partial charge >= 0.3 is 0 Å². The Hall–Kier alpha value is -3.08.